The summed E-state index contributed by atoms with van der Waals surface area (Å²) in [6.45, 7) is 5.59. The summed E-state index contributed by atoms with van der Waals surface area (Å²) in [5.41, 5.74) is 2.61. The van der Waals surface area contributed by atoms with Gasteiger partial charge >= 0.3 is 0 Å². The van der Waals surface area contributed by atoms with Crippen LogP contribution in [-0.2, 0) is 0 Å². The highest BCUT2D eigenvalue weighted by molar-refractivity contribution is 5.95. The van der Waals surface area contributed by atoms with Crippen LogP contribution >= 0.6 is 0 Å². The van der Waals surface area contributed by atoms with Gasteiger partial charge in [0.05, 0.1) is 17.4 Å². The van der Waals surface area contributed by atoms with Crippen LogP contribution in [0.25, 0.3) is 0 Å². The Morgan fingerprint density at radius 2 is 1.69 bits per heavy atom. The molecule has 3 aromatic rings. The molecule has 0 N–H and O–H groups in total. The first-order valence-corrected chi connectivity index (χ1v) is 9.85. The van der Waals surface area contributed by atoms with E-state index in [1.54, 1.807) is 30.9 Å². The molecule has 1 saturated heterocycles. The average Bonchev–Trinajstić information content (AvgIpc) is 2.81. The lowest BCUT2D eigenvalue weighted by Gasteiger charge is -2.34. The van der Waals surface area contributed by atoms with Gasteiger partial charge in [-0.05, 0) is 31.2 Å². The van der Waals surface area contributed by atoms with Crippen molar-refractivity contribution in [2.75, 3.05) is 42.5 Å². The Morgan fingerprint density at radius 1 is 0.966 bits per heavy atom. The van der Waals surface area contributed by atoms with Gasteiger partial charge < -0.3 is 14.7 Å². The van der Waals surface area contributed by atoms with Crippen LogP contribution < -0.4 is 9.80 Å². The van der Waals surface area contributed by atoms with Crippen molar-refractivity contribution < 1.29 is 4.79 Å². The van der Waals surface area contributed by atoms with Crippen LogP contribution in [0.15, 0.2) is 67.3 Å². The van der Waals surface area contributed by atoms with Crippen molar-refractivity contribution in [2.24, 2.45) is 0 Å². The number of anilines is 3. The van der Waals surface area contributed by atoms with Crippen molar-refractivity contribution in [2.45, 2.75) is 6.92 Å². The van der Waals surface area contributed by atoms with E-state index in [0.717, 1.165) is 17.9 Å². The first-order valence-electron chi connectivity index (χ1n) is 9.85. The molecular formula is C22H24N6O. The normalized spacial score (nSPS) is 14.0. The summed E-state index contributed by atoms with van der Waals surface area (Å²) in [5, 5.41) is 0. The summed E-state index contributed by atoms with van der Waals surface area (Å²) < 4.78 is 0. The molecule has 0 spiro atoms. The first kappa shape index (κ1) is 18.9. The zero-order chi connectivity index (χ0) is 20.1. The molecule has 1 aliphatic rings. The van der Waals surface area contributed by atoms with Crippen LogP contribution in [0.2, 0.25) is 0 Å². The van der Waals surface area contributed by atoms with Gasteiger partial charge in [0.2, 0.25) is 5.95 Å². The van der Waals surface area contributed by atoms with Crippen LogP contribution in [0.5, 0.6) is 0 Å². The number of hydrogen-bond donors (Lipinski definition) is 0. The van der Waals surface area contributed by atoms with Crippen LogP contribution in [0.1, 0.15) is 17.3 Å². The standard InChI is InChI=1S/C22H24N6O/c1-2-28(19-7-4-3-5-8-19)20-15-18(16-23-17-20)21(29)26-11-13-27(14-12-26)22-24-9-6-10-25-22/h3-10,15-17H,2,11-14H2,1H3. The second-order valence-corrected chi connectivity index (χ2v) is 6.84. The summed E-state index contributed by atoms with van der Waals surface area (Å²) in [4.78, 5) is 32.1. The van der Waals surface area contributed by atoms with Crippen molar-refractivity contribution in [3.8, 4) is 0 Å². The van der Waals surface area contributed by atoms with E-state index in [4.69, 9.17) is 0 Å². The number of carbonyl (C=O) groups excluding carboxylic acids is 1. The summed E-state index contributed by atoms with van der Waals surface area (Å²) in [6, 6.07) is 13.9. The number of piperazine rings is 1. The third kappa shape index (κ3) is 4.18. The maximum Gasteiger partial charge on any atom is 0.255 e. The van der Waals surface area contributed by atoms with Gasteiger partial charge in [0, 0.05) is 57.0 Å². The highest BCUT2D eigenvalue weighted by Gasteiger charge is 2.24. The third-order valence-electron chi connectivity index (χ3n) is 5.07. The lowest BCUT2D eigenvalue weighted by atomic mass is 10.2. The molecule has 1 fully saturated rings. The zero-order valence-corrected chi connectivity index (χ0v) is 16.5. The topological polar surface area (TPSA) is 65.5 Å². The predicted octanol–water partition coefficient (Wildman–Crippen LogP) is 2.99. The minimum absolute atomic E-state index is 0.0112. The molecule has 7 heteroatoms. The molecule has 4 rings (SSSR count). The molecule has 0 saturated carbocycles. The summed E-state index contributed by atoms with van der Waals surface area (Å²) >= 11 is 0. The van der Waals surface area contributed by atoms with E-state index in [0.29, 0.717) is 37.7 Å². The number of benzene rings is 1. The molecule has 0 unspecified atom stereocenters. The fourth-order valence-electron chi connectivity index (χ4n) is 3.56. The van der Waals surface area contributed by atoms with Crippen LogP contribution in [-0.4, -0.2) is 58.5 Å². The van der Waals surface area contributed by atoms with E-state index in [1.807, 2.05) is 29.2 Å². The molecule has 2 aromatic heterocycles. The van der Waals surface area contributed by atoms with Crippen molar-refractivity contribution in [3.63, 3.8) is 0 Å². The summed E-state index contributed by atoms with van der Waals surface area (Å²) in [6.07, 6.45) is 6.93. The molecule has 29 heavy (non-hydrogen) atoms. The van der Waals surface area contributed by atoms with E-state index in [-0.39, 0.29) is 5.91 Å². The second kappa shape index (κ2) is 8.68. The minimum Gasteiger partial charge on any atom is -0.340 e. The van der Waals surface area contributed by atoms with E-state index in [1.165, 1.54) is 0 Å². The molecular weight excluding hydrogens is 364 g/mol. The fourth-order valence-corrected chi connectivity index (χ4v) is 3.56. The Balaban J connectivity index is 1.46. The maximum absolute atomic E-state index is 13.1. The minimum atomic E-state index is 0.0112. The Morgan fingerprint density at radius 3 is 2.38 bits per heavy atom. The number of nitrogens with zero attached hydrogens (tertiary/aromatic N) is 6. The van der Waals surface area contributed by atoms with Crippen molar-refractivity contribution in [1.82, 2.24) is 19.9 Å². The molecule has 1 aromatic carbocycles. The van der Waals surface area contributed by atoms with Crippen molar-refractivity contribution in [3.05, 3.63) is 72.8 Å². The summed E-state index contributed by atoms with van der Waals surface area (Å²) in [7, 11) is 0. The van der Waals surface area contributed by atoms with Gasteiger partial charge in [0.1, 0.15) is 0 Å². The lowest BCUT2D eigenvalue weighted by molar-refractivity contribution is 0.0746. The average molecular weight is 388 g/mol. The van der Waals surface area contributed by atoms with Crippen molar-refractivity contribution >= 4 is 23.2 Å². The molecule has 1 amide bonds. The molecule has 0 atom stereocenters. The Kier molecular flexibility index (Phi) is 5.65. The number of hydrogen-bond acceptors (Lipinski definition) is 6. The lowest BCUT2D eigenvalue weighted by Crippen LogP contribution is -2.49. The number of aromatic nitrogens is 3. The Labute approximate surface area is 170 Å². The zero-order valence-electron chi connectivity index (χ0n) is 16.5. The molecule has 0 radical (unpaired) electrons. The Hall–Kier alpha value is -3.48. The first-order chi connectivity index (χ1) is 14.3. The van der Waals surface area contributed by atoms with Gasteiger partial charge in [-0.15, -0.1) is 0 Å². The van der Waals surface area contributed by atoms with Gasteiger partial charge in [0.25, 0.3) is 5.91 Å². The quantitative estimate of drug-likeness (QED) is 0.670. The van der Waals surface area contributed by atoms with Crippen LogP contribution in [0, 0.1) is 0 Å². The van der Waals surface area contributed by atoms with E-state index >= 15 is 0 Å². The molecule has 148 valence electrons. The largest absolute Gasteiger partial charge is 0.340 e. The smallest absolute Gasteiger partial charge is 0.255 e. The molecule has 3 heterocycles. The number of para-hydroxylation sites is 1. The second-order valence-electron chi connectivity index (χ2n) is 6.84. The van der Waals surface area contributed by atoms with Crippen LogP contribution in [0.4, 0.5) is 17.3 Å². The highest BCUT2D eigenvalue weighted by atomic mass is 16.2. The molecule has 0 aliphatic carbocycles. The summed E-state index contributed by atoms with van der Waals surface area (Å²) in [5.74, 6) is 0.724. The van der Waals surface area contributed by atoms with Crippen molar-refractivity contribution in [1.29, 1.82) is 0 Å². The maximum atomic E-state index is 13.1. The van der Waals surface area contributed by atoms with Gasteiger partial charge in [-0.1, -0.05) is 18.2 Å². The van der Waals surface area contributed by atoms with Crippen LogP contribution in [0.3, 0.4) is 0 Å². The van der Waals surface area contributed by atoms with Gasteiger partial charge in [-0.2, -0.15) is 0 Å². The molecule has 7 nitrogen and oxygen atoms in total. The van der Waals surface area contributed by atoms with Gasteiger partial charge in [0.15, 0.2) is 0 Å². The Bertz CT molecular complexity index is 942. The SMILES string of the molecule is CCN(c1ccccc1)c1cncc(C(=O)N2CCN(c3ncccn3)CC2)c1. The predicted molar refractivity (Wildman–Crippen MR) is 114 cm³/mol. The van der Waals surface area contributed by atoms with E-state index in [9.17, 15) is 4.79 Å². The highest BCUT2D eigenvalue weighted by Crippen LogP contribution is 2.25. The van der Waals surface area contributed by atoms with E-state index < -0.39 is 0 Å². The molecule has 0 bridgehead atoms. The van der Waals surface area contributed by atoms with E-state index in [2.05, 4.69) is 43.8 Å². The number of carbonyl (C=O) groups is 1. The van der Waals surface area contributed by atoms with Gasteiger partial charge in [-0.25, -0.2) is 9.97 Å². The monoisotopic (exact) mass is 388 g/mol. The number of rotatable bonds is 5. The van der Waals surface area contributed by atoms with Gasteiger partial charge in [-0.3, -0.25) is 9.78 Å². The fraction of sp³-hybridized carbons (Fsp3) is 0.273. The molecule has 1 aliphatic heterocycles. The third-order valence-corrected chi connectivity index (χ3v) is 5.07. The number of amides is 1. The number of pyridine rings is 1.